The maximum absolute atomic E-state index is 6.01. The van der Waals surface area contributed by atoms with Crippen LogP contribution in [0.2, 0.25) is 0 Å². The second-order valence-corrected chi connectivity index (χ2v) is 4.87. The van der Waals surface area contributed by atoms with Gasteiger partial charge in [0, 0.05) is 12.2 Å². The van der Waals surface area contributed by atoms with Gasteiger partial charge in [-0.15, -0.1) is 0 Å². The number of ether oxygens (including phenoxy) is 1. The Balaban J connectivity index is 2.13. The van der Waals surface area contributed by atoms with Gasteiger partial charge in [0.25, 0.3) is 0 Å². The average molecular weight is 271 g/mol. The van der Waals surface area contributed by atoms with E-state index in [2.05, 4.69) is 10.2 Å². The summed E-state index contributed by atoms with van der Waals surface area (Å²) in [4.78, 5) is 2.07. The second-order valence-electron chi connectivity index (χ2n) is 4.87. The van der Waals surface area contributed by atoms with Crippen LogP contribution >= 0.6 is 0 Å². The minimum atomic E-state index is 0.602. The first-order valence-electron chi connectivity index (χ1n) is 6.65. The molecular weight excluding hydrogens is 250 g/mol. The van der Waals surface area contributed by atoms with Crippen LogP contribution in [0.25, 0.3) is 0 Å². The molecular formula is C16H21N3O. The molecule has 0 heterocycles. The van der Waals surface area contributed by atoms with E-state index in [-0.39, 0.29) is 0 Å². The normalized spacial score (nSPS) is 10.6. The van der Waals surface area contributed by atoms with Crippen LogP contribution in [0.4, 0.5) is 17.1 Å². The molecule has 0 aliphatic carbocycles. The Bertz CT molecular complexity index is 541. The summed E-state index contributed by atoms with van der Waals surface area (Å²) >= 11 is 0. The van der Waals surface area contributed by atoms with Gasteiger partial charge in [0.05, 0.1) is 11.4 Å². The lowest BCUT2D eigenvalue weighted by molar-refractivity contribution is 0.263. The van der Waals surface area contributed by atoms with Crippen molar-refractivity contribution < 1.29 is 4.74 Å². The van der Waals surface area contributed by atoms with Crippen molar-refractivity contribution in [3.05, 3.63) is 48.5 Å². The van der Waals surface area contributed by atoms with E-state index in [1.54, 1.807) is 0 Å². The molecule has 2 aromatic rings. The Kier molecular flexibility index (Phi) is 4.85. The summed E-state index contributed by atoms with van der Waals surface area (Å²) in [6, 6.07) is 15.7. The molecule has 0 atom stereocenters. The van der Waals surface area contributed by atoms with Crippen LogP contribution in [-0.4, -0.2) is 32.1 Å². The molecule has 0 saturated heterocycles. The molecule has 0 fully saturated rings. The molecule has 2 aromatic carbocycles. The van der Waals surface area contributed by atoms with Crippen molar-refractivity contribution in [2.75, 3.05) is 38.3 Å². The number of nitrogens with two attached hydrogens (primary N) is 1. The van der Waals surface area contributed by atoms with Crippen molar-refractivity contribution in [1.29, 1.82) is 0 Å². The van der Waals surface area contributed by atoms with Crippen molar-refractivity contribution in [2.45, 2.75) is 0 Å². The van der Waals surface area contributed by atoms with E-state index in [4.69, 9.17) is 10.5 Å². The third-order valence-corrected chi connectivity index (χ3v) is 2.88. The highest BCUT2D eigenvalue weighted by Crippen LogP contribution is 2.33. The highest BCUT2D eigenvalue weighted by atomic mass is 16.5. The van der Waals surface area contributed by atoms with Gasteiger partial charge < -0.3 is 20.7 Å². The van der Waals surface area contributed by atoms with Gasteiger partial charge in [0.2, 0.25) is 0 Å². The van der Waals surface area contributed by atoms with E-state index in [1.807, 2.05) is 62.6 Å². The monoisotopic (exact) mass is 271 g/mol. The van der Waals surface area contributed by atoms with Crippen LogP contribution in [0.5, 0.6) is 5.75 Å². The van der Waals surface area contributed by atoms with Crippen molar-refractivity contribution in [1.82, 2.24) is 4.90 Å². The van der Waals surface area contributed by atoms with Crippen molar-refractivity contribution in [2.24, 2.45) is 0 Å². The smallest absolute Gasteiger partial charge is 0.165 e. The first-order valence-corrected chi connectivity index (χ1v) is 6.65. The summed E-state index contributed by atoms with van der Waals surface area (Å²) < 4.78 is 5.82. The van der Waals surface area contributed by atoms with Crippen LogP contribution < -0.4 is 15.8 Å². The zero-order valence-corrected chi connectivity index (χ0v) is 12.0. The van der Waals surface area contributed by atoms with E-state index in [9.17, 15) is 0 Å². The lowest BCUT2D eigenvalue weighted by Crippen LogP contribution is -2.20. The van der Waals surface area contributed by atoms with Crippen molar-refractivity contribution >= 4 is 17.1 Å². The quantitative estimate of drug-likeness (QED) is 0.793. The van der Waals surface area contributed by atoms with Crippen molar-refractivity contribution in [3.63, 3.8) is 0 Å². The number of nitrogen functional groups attached to an aromatic ring is 1. The standard InChI is InChI=1S/C16H21N3O/c1-19(2)11-12-20-16-14(17)9-6-10-15(16)18-13-7-4-3-5-8-13/h3-10,18H,11-12,17H2,1-2H3. The molecule has 0 spiro atoms. The molecule has 2 rings (SSSR count). The SMILES string of the molecule is CN(C)CCOc1c(N)cccc1Nc1ccccc1. The minimum Gasteiger partial charge on any atom is -0.488 e. The number of hydrogen-bond acceptors (Lipinski definition) is 4. The zero-order valence-electron chi connectivity index (χ0n) is 12.0. The predicted molar refractivity (Wildman–Crippen MR) is 84.6 cm³/mol. The van der Waals surface area contributed by atoms with Crippen LogP contribution in [0, 0.1) is 0 Å². The summed E-state index contributed by atoms with van der Waals surface area (Å²) in [7, 11) is 4.03. The van der Waals surface area contributed by atoms with Crippen LogP contribution in [0.1, 0.15) is 0 Å². The van der Waals surface area contributed by atoms with E-state index < -0.39 is 0 Å². The Labute approximate surface area is 120 Å². The molecule has 0 aliphatic rings. The van der Waals surface area contributed by atoms with Gasteiger partial charge in [0.15, 0.2) is 5.75 Å². The van der Waals surface area contributed by atoms with Gasteiger partial charge in [-0.2, -0.15) is 0 Å². The van der Waals surface area contributed by atoms with E-state index >= 15 is 0 Å². The molecule has 0 unspecified atom stereocenters. The lowest BCUT2D eigenvalue weighted by Gasteiger charge is -2.16. The third kappa shape index (κ3) is 3.90. The molecule has 106 valence electrons. The van der Waals surface area contributed by atoms with Gasteiger partial charge >= 0.3 is 0 Å². The van der Waals surface area contributed by atoms with Gasteiger partial charge in [0.1, 0.15) is 6.61 Å². The van der Waals surface area contributed by atoms with Gasteiger partial charge in [-0.1, -0.05) is 24.3 Å². The fraction of sp³-hybridized carbons (Fsp3) is 0.250. The highest BCUT2D eigenvalue weighted by Gasteiger charge is 2.08. The van der Waals surface area contributed by atoms with E-state index in [1.165, 1.54) is 0 Å². The number of likely N-dealkylation sites (N-methyl/N-ethyl adjacent to an activating group) is 1. The average Bonchev–Trinajstić information content (AvgIpc) is 2.43. The van der Waals surface area contributed by atoms with Crippen molar-refractivity contribution in [3.8, 4) is 5.75 Å². The lowest BCUT2D eigenvalue weighted by atomic mass is 10.2. The minimum absolute atomic E-state index is 0.602. The number of hydrogen-bond donors (Lipinski definition) is 2. The number of benzene rings is 2. The summed E-state index contributed by atoms with van der Waals surface area (Å²) in [6.07, 6.45) is 0. The maximum Gasteiger partial charge on any atom is 0.165 e. The molecule has 0 radical (unpaired) electrons. The van der Waals surface area contributed by atoms with E-state index in [0.717, 1.165) is 17.9 Å². The number of para-hydroxylation sites is 2. The first kappa shape index (κ1) is 14.2. The molecule has 4 nitrogen and oxygen atoms in total. The Morgan fingerprint density at radius 1 is 1.05 bits per heavy atom. The molecule has 0 aliphatic heterocycles. The molecule has 3 N–H and O–H groups in total. The largest absolute Gasteiger partial charge is 0.488 e. The maximum atomic E-state index is 6.01. The fourth-order valence-corrected chi connectivity index (χ4v) is 1.82. The number of nitrogens with one attached hydrogen (secondary N) is 1. The summed E-state index contributed by atoms with van der Waals surface area (Å²) in [5.74, 6) is 0.707. The Morgan fingerprint density at radius 2 is 1.80 bits per heavy atom. The van der Waals surface area contributed by atoms with Gasteiger partial charge in [-0.25, -0.2) is 0 Å². The molecule has 0 amide bonds. The van der Waals surface area contributed by atoms with Crippen LogP contribution in [0.15, 0.2) is 48.5 Å². The Hall–Kier alpha value is -2.20. The fourth-order valence-electron chi connectivity index (χ4n) is 1.82. The summed E-state index contributed by atoms with van der Waals surface area (Å²) in [5.41, 5.74) is 8.55. The van der Waals surface area contributed by atoms with Gasteiger partial charge in [-0.05, 0) is 38.4 Å². The van der Waals surface area contributed by atoms with Gasteiger partial charge in [-0.3, -0.25) is 0 Å². The third-order valence-electron chi connectivity index (χ3n) is 2.88. The van der Waals surface area contributed by atoms with Crippen LogP contribution in [-0.2, 0) is 0 Å². The number of rotatable bonds is 6. The second kappa shape index (κ2) is 6.82. The molecule has 20 heavy (non-hydrogen) atoms. The molecule has 4 heteroatoms. The highest BCUT2D eigenvalue weighted by molar-refractivity contribution is 5.73. The summed E-state index contributed by atoms with van der Waals surface area (Å²) in [6.45, 7) is 1.45. The molecule has 0 bridgehead atoms. The number of nitrogens with zero attached hydrogens (tertiary/aromatic N) is 1. The van der Waals surface area contributed by atoms with Crippen LogP contribution in [0.3, 0.4) is 0 Å². The topological polar surface area (TPSA) is 50.5 Å². The summed E-state index contributed by atoms with van der Waals surface area (Å²) in [5, 5.41) is 3.33. The number of anilines is 3. The predicted octanol–water partition coefficient (Wildman–Crippen LogP) is 2.95. The first-order chi connectivity index (χ1) is 9.66. The zero-order chi connectivity index (χ0) is 14.4. The molecule has 0 aromatic heterocycles. The molecule has 0 saturated carbocycles. The Morgan fingerprint density at radius 3 is 2.50 bits per heavy atom. The van der Waals surface area contributed by atoms with E-state index in [0.29, 0.717) is 18.0 Å².